The van der Waals surface area contributed by atoms with Gasteiger partial charge in [-0.2, -0.15) is 13.2 Å². The highest BCUT2D eigenvalue weighted by atomic mass is 19.4. The normalized spacial score (nSPS) is 12.4. The molecule has 0 saturated carbocycles. The molecule has 0 aliphatic rings. The smallest absolute Gasteiger partial charge is 0.416 e. The number of rotatable bonds is 10. The molecule has 3 aromatic rings. The lowest BCUT2D eigenvalue weighted by molar-refractivity contribution is -0.138. The molecule has 3 aromatic carbocycles. The van der Waals surface area contributed by atoms with Gasteiger partial charge in [-0.15, -0.1) is 0 Å². The minimum atomic E-state index is -4.62. The standard InChI is InChI=1S/C31H30F3NO5/c1-30(2,3)23-13-11-20(12-14-23)28(39)25(18-26(36)22-5-4-6-24(17-22)31(32,33)34)19-7-9-21(10-8-19)29(40)35-16-15-27(37)38/h4-14,17,25H,15-16,18H2,1-3H3,(H,35,40)(H,37,38). The average molecular weight is 554 g/mol. The van der Waals surface area contributed by atoms with Crippen molar-refractivity contribution in [3.05, 3.63) is 106 Å². The maximum absolute atomic E-state index is 13.7. The number of carboxylic acids is 1. The van der Waals surface area contributed by atoms with Crippen molar-refractivity contribution in [3.8, 4) is 0 Å². The highest BCUT2D eigenvalue weighted by molar-refractivity contribution is 6.06. The molecule has 0 bridgehead atoms. The number of halogens is 3. The minimum Gasteiger partial charge on any atom is -0.481 e. The Morgan fingerprint density at radius 1 is 0.800 bits per heavy atom. The third-order valence-electron chi connectivity index (χ3n) is 6.45. The molecular formula is C31H30F3NO5. The lowest BCUT2D eigenvalue weighted by atomic mass is 9.83. The van der Waals surface area contributed by atoms with Gasteiger partial charge in [0.1, 0.15) is 0 Å². The van der Waals surface area contributed by atoms with E-state index in [1.54, 1.807) is 12.1 Å². The molecule has 0 saturated heterocycles. The molecule has 40 heavy (non-hydrogen) atoms. The van der Waals surface area contributed by atoms with Crippen LogP contribution in [0.2, 0.25) is 0 Å². The summed E-state index contributed by atoms with van der Waals surface area (Å²) >= 11 is 0. The van der Waals surface area contributed by atoms with Crippen molar-refractivity contribution in [2.75, 3.05) is 6.54 Å². The predicted octanol–water partition coefficient (Wildman–Crippen LogP) is 6.45. The second-order valence-corrected chi connectivity index (χ2v) is 10.5. The van der Waals surface area contributed by atoms with Crippen LogP contribution in [0.4, 0.5) is 13.2 Å². The third kappa shape index (κ3) is 7.88. The van der Waals surface area contributed by atoms with Crippen LogP contribution < -0.4 is 5.32 Å². The minimum absolute atomic E-state index is 0.0624. The molecular weight excluding hydrogens is 523 g/mol. The van der Waals surface area contributed by atoms with Crippen LogP contribution >= 0.6 is 0 Å². The van der Waals surface area contributed by atoms with Crippen molar-refractivity contribution < 1.29 is 37.5 Å². The number of ketones is 2. The molecule has 1 amide bonds. The Hall–Kier alpha value is -4.27. The van der Waals surface area contributed by atoms with E-state index in [0.717, 1.165) is 23.8 Å². The molecule has 0 aromatic heterocycles. The molecule has 0 radical (unpaired) electrons. The van der Waals surface area contributed by atoms with Gasteiger partial charge < -0.3 is 10.4 Å². The number of Topliss-reactive ketones (excluding diaryl/α,β-unsaturated/α-hetero) is 2. The Bertz CT molecular complexity index is 1390. The number of benzene rings is 3. The molecule has 0 aliphatic carbocycles. The van der Waals surface area contributed by atoms with E-state index in [0.29, 0.717) is 11.1 Å². The van der Waals surface area contributed by atoms with Crippen molar-refractivity contribution in [2.45, 2.75) is 51.1 Å². The van der Waals surface area contributed by atoms with Crippen LogP contribution in [0.25, 0.3) is 0 Å². The zero-order chi connectivity index (χ0) is 29.7. The first-order valence-corrected chi connectivity index (χ1v) is 12.6. The van der Waals surface area contributed by atoms with Crippen LogP contribution in [-0.2, 0) is 16.4 Å². The van der Waals surface area contributed by atoms with Crippen LogP contribution in [0.1, 0.15) is 87.3 Å². The molecule has 3 rings (SSSR count). The molecule has 1 unspecified atom stereocenters. The Kier molecular flexibility index (Phi) is 9.29. The summed E-state index contributed by atoms with van der Waals surface area (Å²) in [5.74, 6) is -3.61. The second-order valence-electron chi connectivity index (χ2n) is 10.5. The first-order valence-electron chi connectivity index (χ1n) is 12.6. The lowest BCUT2D eigenvalue weighted by Gasteiger charge is -2.20. The summed E-state index contributed by atoms with van der Waals surface area (Å²) in [6.07, 6.45) is -5.25. The van der Waals surface area contributed by atoms with Gasteiger partial charge in [-0.3, -0.25) is 19.2 Å². The maximum Gasteiger partial charge on any atom is 0.416 e. The van der Waals surface area contributed by atoms with Gasteiger partial charge in [-0.1, -0.05) is 69.3 Å². The van der Waals surface area contributed by atoms with Gasteiger partial charge in [0.25, 0.3) is 5.91 Å². The zero-order valence-electron chi connectivity index (χ0n) is 22.3. The fraction of sp³-hybridized carbons (Fsp3) is 0.290. The van der Waals surface area contributed by atoms with Crippen molar-refractivity contribution in [3.63, 3.8) is 0 Å². The van der Waals surface area contributed by atoms with Crippen molar-refractivity contribution in [1.29, 1.82) is 0 Å². The summed E-state index contributed by atoms with van der Waals surface area (Å²) in [7, 11) is 0. The van der Waals surface area contributed by atoms with E-state index in [9.17, 15) is 32.3 Å². The fourth-order valence-corrected chi connectivity index (χ4v) is 4.12. The number of hydrogen-bond acceptors (Lipinski definition) is 4. The van der Waals surface area contributed by atoms with Gasteiger partial charge in [0.15, 0.2) is 11.6 Å². The number of carboxylic acid groups (broad SMARTS) is 1. The van der Waals surface area contributed by atoms with Gasteiger partial charge in [0, 0.05) is 29.7 Å². The SMILES string of the molecule is CC(C)(C)c1ccc(C(=O)C(CC(=O)c2cccc(C(F)(F)F)c2)c2ccc(C(=O)NCCC(=O)O)cc2)cc1. The van der Waals surface area contributed by atoms with Crippen LogP contribution in [0.3, 0.4) is 0 Å². The molecule has 0 fully saturated rings. The first kappa shape index (κ1) is 30.3. The molecule has 1 atom stereocenters. The number of aliphatic carboxylic acids is 1. The maximum atomic E-state index is 13.7. The number of carbonyl (C=O) groups is 4. The van der Waals surface area contributed by atoms with E-state index in [1.165, 1.54) is 30.3 Å². The third-order valence-corrected chi connectivity index (χ3v) is 6.45. The summed E-state index contributed by atoms with van der Waals surface area (Å²) in [5, 5.41) is 11.2. The topological polar surface area (TPSA) is 101 Å². The van der Waals surface area contributed by atoms with Gasteiger partial charge >= 0.3 is 12.1 Å². The largest absolute Gasteiger partial charge is 0.481 e. The zero-order valence-corrected chi connectivity index (χ0v) is 22.3. The fourth-order valence-electron chi connectivity index (χ4n) is 4.12. The van der Waals surface area contributed by atoms with Crippen molar-refractivity contribution in [1.82, 2.24) is 5.32 Å². The lowest BCUT2D eigenvalue weighted by Crippen LogP contribution is -2.26. The average Bonchev–Trinajstić information content (AvgIpc) is 2.90. The van der Waals surface area contributed by atoms with E-state index in [2.05, 4.69) is 5.32 Å². The van der Waals surface area contributed by atoms with E-state index < -0.39 is 35.3 Å². The van der Waals surface area contributed by atoms with Gasteiger partial charge in [0.2, 0.25) is 0 Å². The van der Waals surface area contributed by atoms with E-state index in [4.69, 9.17) is 5.11 Å². The molecule has 0 heterocycles. The predicted molar refractivity (Wildman–Crippen MR) is 144 cm³/mol. The molecule has 0 aliphatic heterocycles. The summed E-state index contributed by atoms with van der Waals surface area (Å²) in [4.78, 5) is 49.8. The Balaban J connectivity index is 1.92. The number of carbonyl (C=O) groups excluding carboxylic acids is 3. The quantitative estimate of drug-likeness (QED) is 0.281. The van der Waals surface area contributed by atoms with Crippen LogP contribution in [0, 0.1) is 0 Å². The molecule has 6 nitrogen and oxygen atoms in total. The summed E-state index contributed by atoms with van der Waals surface area (Å²) in [6.45, 7) is 6.02. The molecule has 9 heteroatoms. The number of alkyl halides is 3. The van der Waals surface area contributed by atoms with Gasteiger partial charge in [-0.05, 0) is 40.8 Å². The monoisotopic (exact) mass is 553 g/mol. The van der Waals surface area contributed by atoms with Crippen LogP contribution in [0.5, 0.6) is 0 Å². The first-order chi connectivity index (χ1) is 18.7. The Morgan fingerprint density at radius 3 is 1.95 bits per heavy atom. The molecule has 2 N–H and O–H groups in total. The van der Waals surface area contributed by atoms with E-state index in [-0.39, 0.29) is 41.7 Å². The van der Waals surface area contributed by atoms with Crippen LogP contribution in [-0.4, -0.2) is 35.1 Å². The Morgan fingerprint density at radius 2 is 1.40 bits per heavy atom. The van der Waals surface area contributed by atoms with E-state index >= 15 is 0 Å². The number of nitrogens with one attached hydrogen (secondary N) is 1. The number of hydrogen-bond donors (Lipinski definition) is 2. The Labute approximate surface area is 230 Å². The van der Waals surface area contributed by atoms with Gasteiger partial charge in [-0.25, -0.2) is 0 Å². The number of amides is 1. The second kappa shape index (κ2) is 12.3. The van der Waals surface area contributed by atoms with E-state index in [1.807, 2.05) is 32.9 Å². The van der Waals surface area contributed by atoms with Crippen LogP contribution in [0.15, 0.2) is 72.8 Å². The molecule has 0 spiro atoms. The highest BCUT2D eigenvalue weighted by Crippen LogP contribution is 2.32. The van der Waals surface area contributed by atoms with Gasteiger partial charge in [0.05, 0.1) is 17.9 Å². The summed E-state index contributed by atoms with van der Waals surface area (Å²) < 4.78 is 39.7. The summed E-state index contributed by atoms with van der Waals surface area (Å²) in [6, 6.07) is 17.0. The highest BCUT2D eigenvalue weighted by Gasteiger charge is 2.32. The van der Waals surface area contributed by atoms with Crippen molar-refractivity contribution >= 4 is 23.4 Å². The molecule has 210 valence electrons. The van der Waals surface area contributed by atoms with Crippen molar-refractivity contribution in [2.24, 2.45) is 0 Å². The summed E-state index contributed by atoms with van der Waals surface area (Å²) in [5.41, 5.74) is 0.694.